The summed E-state index contributed by atoms with van der Waals surface area (Å²) in [6, 6.07) is 0. The van der Waals surface area contributed by atoms with Crippen LogP contribution >= 0.6 is 22.6 Å². The van der Waals surface area contributed by atoms with Crippen LogP contribution in [0.25, 0.3) is 0 Å². The van der Waals surface area contributed by atoms with Crippen LogP contribution in [0.4, 0.5) is 0 Å². The highest BCUT2D eigenvalue weighted by Crippen LogP contribution is 1.91. The van der Waals surface area contributed by atoms with E-state index in [1.807, 2.05) is 0 Å². The van der Waals surface area contributed by atoms with Crippen molar-refractivity contribution in [2.24, 2.45) is 0 Å². The summed E-state index contributed by atoms with van der Waals surface area (Å²) >= 11 is 2.37. The number of alkyl halides is 1. The van der Waals surface area contributed by atoms with Gasteiger partial charge >= 0.3 is 0 Å². The van der Waals surface area contributed by atoms with Gasteiger partial charge in [-0.3, -0.25) is 0 Å². The Morgan fingerprint density at radius 3 is 2.62 bits per heavy atom. The first-order chi connectivity index (χ1) is 3.91. The molecule has 0 nitrogen and oxygen atoms in total. The van der Waals surface area contributed by atoms with E-state index in [2.05, 4.69) is 41.4 Å². The third-order valence-corrected chi connectivity index (χ3v) is 1.50. The molecule has 46 valence electrons. The Labute approximate surface area is 65.2 Å². The molecule has 8 heavy (non-hydrogen) atoms. The number of rotatable bonds is 2. The highest BCUT2D eigenvalue weighted by atomic mass is 127. The minimum absolute atomic E-state index is 1.00. The molecule has 0 atom stereocenters. The molecular weight excluding hydrogens is 211 g/mol. The average Bonchev–Trinajstić information content (AvgIpc) is 1.81. The van der Waals surface area contributed by atoms with Crippen LogP contribution in [0.15, 0.2) is 0 Å². The highest BCUT2D eigenvalue weighted by molar-refractivity contribution is 14.1. The molecule has 1 heteroatoms. The molecule has 0 aliphatic heterocycles. The van der Waals surface area contributed by atoms with Gasteiger partial charge in [-0.1, -0.05) is 29.5 Å². The summed E-state index contributed by atoms with van der Waals surface area (Å²) in [5.41, 5.74) is 0. The number of unbranched alkanes of at least 4 members (excludes halogenated alkanes) is 1. The standard InChI is InChI=1S/C7H11I/c1-2-3-4-5-6-7-8/h2,5-7H2,1H3. The van der Waals surface area contributed by atoms with Crippen molar-refractivity contribution in [1.29, 1.82) is 0 Å². The maximum absolute atomic E-state index is 3.08. The lowest BCUT2D eigenvalue weighted by molar-refractivity contribution is 1.01. The summed E-state index contributed by atoms with van der Waals surface area (Å²) in [6.45, 7) is 2.08. The third-order valence-electron chi connectivity index (χ3n) is 0.737. The third kappa shape index (κ3) is 6.29. The Kier molecular flexibility index (Phi) is 7.55. The van der Waals surface area contributed by atoms with E-state index in [0.717, 1.165) is 12.8 Å². The molecule has 0 amide bonds. The van der Waals surface area contributed by atoms with Crippen LogP contribution < -0.4 is 0 Å². The molecule has 0 saturated heterocycles. The van der Waals surface area contributed by atoms with Gasteiger partial charge in [0.1, 0.15) is 0 Å². The van der Waals surface area contributed by atoms with Gasteiger partial charge < -0.3 is 0 Å². The van der Waals surface area contributed by atoms with Crippen molar-refractivity contribution >= 4 is 22.6 Å². The summed E-state index contributed by atoms with van der Waals surface area (Å²) in [5, 5.41) is 0. The van der Waals surface area contributed by atoms with Gasteiger partial charge in [-0.2, -0.15) is 0 Å². The van der Waals surface area contributed by atoms with Gasteiger partial charge in [0.2, 0.25) is 0 Å². The molecule has 0 saturated carbocycles. The van der Waals surface area contributed by atoms with Gasteiger partial charge in [-0.25, -0.2) is 0 Å². The largest absolute Gasteiger partial charge is 0.104 e. The SMILES string of the molecule is CCC#CCCCI. The van der Waals surface area contributed by atoms with Crippen molar-refractivity contribution in [2.75, 3.05) is 4.43 Å². The summed E-state index contributed by atoms with van der Waals surface area (Å²) in [6.07, 6.45) is 3.32. The van der Waals surface area contributed by atoms with Crippen LogP contribution in [0.3, 0.4) is 0 Å². The topological polar surface area (TPSA) is 0 Å². The zero-order chi connectivity index (χ0) is 6.24. The fourth-order valence-corrected chi connectivity index (χ4v) is 0.750. The molecule has 0 aromatic carbocycles. The van der Waals surface area contributed by atoms with E-state index in [1.54, 1.807) is 0 Å². The van der Waals surface area contributed by atoms with E-state index in [4.69, 9.17) is 0 Å². The second kappa shape index (κ2) is 7.29. The molecule has 0 spiro atoms. The molecule has 0 bridgehead atoms. The van der Waals surface area contributed by atoms with Crippen molar-refractivity contribution < 1.29 is 0 Å². The van der Waals surface area contributed by atoms with E-state index in [-0.39, 0.29) is 0 Å². The Morgan fingerprint density at radius 1 is 1.38 bits per heavy atom. The van der Waals surface area contributed by atoms with Crippen molar-refractivity contribution in [3.63, 3.8) is 0 Å². The van der Waals surface area contributed by atoms with Gasteiger partial charge in [0, 0.05) is 17.3 Å². The van der Waals surface area contributed by atoms with Gasteiger partial charge in [0.15, 0.2) is 0 Å². The van der Waals surface area contributed by atoms with E-state index in [1.165, 1.54) is 10.8 Å². The molecule has 0 aromatic heterocycles. The summed E-state index contributed by atoms with van der Waals surface area (Å²) in [4.78, 5) is 0. The van der Waals surface area contributed by atoms with Crippen molar-refractivity contribution in [1.82, 2.24) is 0 Å². The van der Waals surface area contributed by atoms with Crippen molar-refractivity contribution in [3.8, 4) is 11.8 Å². The Morgan fingerprint density at radius 2 is 2.12 bits per heavy atom. The molecule has 0 heterocycles. The number of halogens is 1. The van der Waals surface area contributed by atoms with E-state index in [0.29, 0.717) is 0 Å². The maximum Gasteiger partial charge on any atom is 0.00959 e. The second-order valence-corrected chi connectivity index (χ2v) is 2.58. The monoisotopic (exact) mass is 222 g/mol. The summed E-state index contributed by atoms with van der Waals surface area (Å²) in [7, 11) is 0. The van der Waals surface area contributed by atoms with Crippen LogP contribution in [-0.2, 0) is 0 Å². The smallest absolute Gasteiger partial charge is 0.00959 e. The van der Waals surface area contributed by atoms with Crippen molar-refractivity contribution in [2.45, 2.75) is 26.2 Å². The van der Waals surface area contributed by atoms with Crippen LogP contribution in [0.5, 0.6) is 0 Å². The van der Waals surface area contributed by atoms with Gasteiger partial charge in [0.05, 0.1) is 0 Å². The zero-order valence-electron chi connectivity index (χ0n) is 5.21. The summed E-state index contributed by atoms with van der Waals surface area (Å²) in [5.74, 6) is 6.11. The quantitative estimate of drug-likeness (QED) is 0.291. The first kappa shape index (κ1) is 8.29. The number of hydrogen-bond donors (Lipinski definition) is 0. The molecule has 0 radical (unpaired) electrons. The molecule has 0 rings (SSSR count). The minimum Gasteiger partial charge on any atom is -0.104 e. The normalized spacial score (nSPS) is 7.75. The van der Waals surface area contributed by atoms with Crippen LogP contribution in [0.2, 0.25) is 0 Å². The molecule has 0 N–H and O–H groups in total. The Balaban J connectivity index is 2.90. The lowest BCUT2D eigenvalue weighted by Crippen LogP contribution is -1.69. The lowest BCUT2D eigenvalue weighted by atomic mass is 10.3. The van der Waals surface area contributed by atoms with Gasteiger partial charge in [-0.15, -0.1) is 11.8 Å². The highest BCUT2D eigenvalue weighted by Gasteiger charge is 1.74. The van der Waals surface area contributed by atoms with E-state index >= 15 is 0 Å². The zero-order valence-corrected chi connectivity index (χ0v) is 7.36. The first-order valence-electron chi connectivity index (χ1n) is 2.93. The number of hydrogen-bond acceptors (Lipinski definition) is 0. The predicted molar refractivity (Wildman–Crippen MR) is 46.2 cm³/mol. The summed E-state index contributed by atoms with van der Waals surface area (Å²) < 4.78 is 1.23. The molecule has 0 fully saturated rings. The first-order valence-corrected chi connectivity index (χ1v) is 4.46. The van der Waals surface area contributed by atoms with Crippen LogP contribution in [0.1, 0.15) is 26.2 Å². The van der Waals surface area contributed by atoms with Crippen molar-refractivity contribution in [3.05, 3.63) is 0 Å². The van der Waals surface area contributed by atoms with Crippen LogP contribution in [-0.4, -0.2) is 4.43 Å². The molecular formula is C7H11I. The van der Waals surface area contributed by atoms with Gasteiger partial charge in [-0.05, 0) is 6.42 Å². The Bertz CT molecular complexity index is 86.3. The molecule has 0 aromatic rings. The average molecular weight is 222 g/mol. The molecule has 0 unspecified atom stereocenters. The Hall–Kier alpha value is 0.290. The minimum atomic E-state index is 1.00. The van der Waals surface area contributed by atoms with Crippen LogP contribution in [0, 0.1) is 11.8 Å². The second-order valence-electron chi connectivity index (χ2n) is 1.50. The van der Waals surface area contributed by atoms with E-state index < -0.39 is 0 Å². The fourth-order valence-electron chi connectivity index (χ4n) is 0.369. The van der Waals surface area contributed by atoms with E-state index in [9.17, 15) is 0 Å². The maximum atomic E-state index is 3.08. The predicted octanol–water partition coefficient (Wildman–Crippen LogP) is 2.62. The molecule has 0 aliphatic carbocycles. The fraction of sp³-hybridized carbons (Fsp3) is 0.714. The lowest BCUT2D eigenvalue weighted by Gasteiger charge is -1.80. The van der Waals surface area contributed by atoms with Gasteiger partial charge in [0.25, 0.3) is 0 Å². The molecule has 0 aliphatic rings.